The monoisotopic (exact) mass is 543 g/mol. The number of anilines is 3. The van der Waals surface area contributed by atoms with Gasteiger partial charge in [-0.1, -0.05) is 23.7 Å². The molecular formula is C28H29ClN6O3. The average molecular weight is 544 g/mol. The van der Waals surface area contributed by atoms with Crippen molar-refractivity contribution < 1.29 is 29.3 Å². The lowest BCUT2D eigenvalue weighted by molar-refractivity contribution is -0.111. The van der Waals surface area contributed by atoms with Crippen LogP contribution >= 0.6 is 11.6 Å². The zero-order valence-electron chi connectivity index (χ0n) is 30.7. The number of rotatable bonds is 11. The molecule has 0 aliphatic carbocycles. The number of carbonyl (C=O) groups excluding carboxylic acids is 1. The van der Waals surface area contributed by atoms with Gasteiger partial charge in [0.2, 0.25) is 5.91 Å². The van der Waals surface area contributed by atoms with E-state index in [-0.39, 0.29) is 38.9 Å². The standard InChI is InChI=1S/C28H29ClN6O3/c1-4-37-26-16-23-21(15-24(26)34-27(36)9-7-13-35(2)3)28(32-18-31-23)33-19-10-11-25(22(29)14-19)38-17-20-8-5-6-12-30-20/h5-12,14-16,18H,4,13,17H2,1-3H3,(H,34,36)(H,31,32,33)/i1D3,2D3,3D3,4D2. The topological polar surface area (TPSA) is 102 Å². The molecule has 0 aliphatic heterocycles. The molecule has 0 unspecified atom stereocenters. The lowest BCUT2D eigenvalue weighted by Gasteiger charge is -2.15. The van der Waals surface area contributed by atoms with Gasteiger partial charge in [-0.25, -0.2) is 9.97 Å². The third kappa shape index (κ3) is 7.18. The van der Waals surface area contributed by atoms with E-state index in [1.807, 2.05) is 6.07 Å². The van der Waals surface area contributed by atoms with Crippen molar-refractivity contribution in [2.24, 2.45) is 0 Å². The molecule has 0 saturated carbocycles. The molecular weight excluding hydrogens is 504 g/mol. The Bertz CT molecular complexity index is 1810. The zero-order valence-corrected chi connectivity index (χ0v) is 20.5. The highest BCUT2D eigenvalue weighted by atomic mass is 35.5. The first-order chi connectivity index (χ1) is 22.7. The van der Waals surface area contributed by atoms with Gasteiger partial charge in [-0.15, -0.1) is 0 Å². The van der Waals surface area contributed by atoms with E-state index in [2.05, 4.69) is 25.6 Å². The number of pyridine rings is 1. The molecule has 0 atom stereocenters. The highest BCUT2D eigenvalue weighted by Crippen LogP contribution is 2.35. The van der Waals surface area contributed by atoms with Gasteiger partial charge in [0.05, 0.1) is 31.2 Å². The Morgan fingerprint density at radius 2 is 2.05 bits per heavy atom. The van der Waals surface area contributed by atoms with Gasteiger partial charge in [0.25, 0.3) is 0 Å². The van der Waals surface area contributed by atoms with E-state index in [9.17, 15) is 4.79 Å². The van der Waals surface area contributed by atoms with Crippen LogP contribution in [0.15, 0.2) is 73.2 Å². The summed E-state index contributed by atoms with van der Waals surface area (Å²) >= 11 is 6.46. The van der Waals surface area contributed by atoms with Crippen LogP contribution in [0.25, 0.3) is 10.9 Å². The molecule has 38 heavy (non-hydrogen) atoms. The smallest absolute Gasteiger partial charge is 0.248 e. The van der Waals surface area contributed by atoms with E-state index in [1.54, 1.807) is 36.5 Å². The summed E-state index contributed by atoms with van der Waals surface area (Å²) in [6.45, 7) is -12.8. The largest absolute Gasteiger partial charge is 0.492 e. The number of aromatic nitrogens is 3. The molecule has 0 saturated heterocycles. The quantitative estimate of drug-likeness (QED) is 0.241. The number of hydrogen-bond donors (Lipinski definition) is 2. The summed E-state index contributed by atoms with van der Waals surface area (Å²) in [6, 6.07) is 12.8. The van der Waals surface area contributed by atoms with Crippen molar-refractivity contribution in [1.82, 2.24) is 19.9 Å². The van der Waals surface area contributed by atoms with Crippen LogP contribution in [0, 0.1) is 0 Å². The first-order valence-corrected chi connectivity index (χ1v) is 11.4. The number of halogens is 1. The Balaban J connectivity index is 1.64. The minimum Gasteiger partial charge on any atom is -0.492 e. The molecule has 2 aromatic heterocycles. The van der Waals surface area contributed by atoms with Crippen LogP contribution in [0.2, 0.25) is 5.02 Å². The predicted molar refractivity (Wildman–Crippen MR) is 150 cm³/mol. The van der Waals surface area contributed by atoms with Gasteiger partial charge in [-0.3, -0.25) is 9.78 Å². The van der Waals surface area contributed by atoms with Gasteiger partial charge in [-0.2, -0.15) is 0 Å². The van der Waals surface area contributed by atoms with Crippen LogP contribution in [0.5, 0.6) is 11.5 Å². The fraction of sp³-hybridized carbons (Fsp3) is 0.214. The van der Waals surface area contributed by atoms with E-state index < -0.39 is 45.6 Å². The van der Waals surface area contributed by atoms with Crippen LogP contribution in [-0.4, -0.2) is 52.8 Å². The van der Waals surface area contributed by atoms with Crippen LogP contribution in [0.3, 0.4) is 0 Å². The maximum atomic E-state index is 12.9. The summed E-state index contributed by atoms with van der Waals surface area (Å²) in [5.41, 5.74) is 1.16. The molecule has 4 rings (SSSR count). The number of benzene rings is 2. The summed E-state index contributed by atoms with van der Waals surface area (Å²) in [5.74, 6) is -0.682. The van der Waals surface area contributed by atoms with E-state index >= 15 is 0 Å². The Labute approximate surface area is 241 Å². The summed E-state index contributed by atoms with van der Waals surface area (Å²) < 4.78 is 94.2. The average Bonchev–Trinajstić information content (AvgIpc) is 2.98. The molecule has 2 heterocycles. The molecule has 0 bridgehead atoms. The van der Waals surface area contributed by atoms with Crippen LogP contribution < -0.4 is 20.1 Å². The zero-order chi connectivity index (χ0) is 36.2. The van der Waals surface area contributed by atoms with Gasteiger partial charge >= 0.3 is 0 Å². The fourth-order valence-electron chi connectivity index (χ4n) is 3.33. The highest BCUT2D eigenvalue weighted by molar-refractivity contribution is 6.32. The maximum Gasteiger partial charge on any atom is 0.248 e. The van der Waals surface area contributed by atoms with E-state index in [4.69, 9.17) is 36.2 Å². The number of fused-ring (bicyclic) bond motifs is 1. The predicted octanol–water partition coefficient (Wildman–Crippen LogP) is 5.46. The normalized spacial score (nSPS) is 16.8. The Hall–Kier alpha value is -4.21. The molecule has 0 fully saturated rings. The molecule has 4 aromatic rings. The molecule has 10 heteroatoms. The van der Waals surface area contributed by atoms with Gasteiger partial charge < -0.3 is 25.0 Å². The summed E-state index contributed by atoms with van der Waals surface area (Å²) in [6.07, 6.45) is 4.73. The van der Waals surface area contributed by atoms with E-state index in [0.717, 1.165) is 12.2 Å². The minimum absolute atomic E-state index is 0.176. The van der Waals surface area contributed by atoms with Gasteiger partial charge in [0.1, 0.15) is 30.3 Å². The second-order valence-electron chi connectivity index (χ2n) is 7.67. The van der Waals surface area contributed by atoms with Crippen molar-refractivity contribution in [2.45, 2.75) is 13.5 Å². The molecule has 1 amide bonds. The van der Waals surface area contributed by atoms with Crippen LogP contribution in [0.4, 0.5) is 17.2 Å². The molecule has 0 spiro atoms. The SMILES string of the molecule is [2H]C([2H])([2H])N(CC=CC(=O)Nc1cc2c(Nc3ccc(OCc4ccccn4)c(Cl)c3)ncnc2cc1OC([2H])([2H])C([2H])([2H])[2H])C([2H])([2H])[2H]. The van der Waals surface area contributed by atoms with Crippen LogP contribution in [0.1, 0.15) is 27.6 Å². The number of ether oxygens (including phenoxy) is 2. The molecule has 0 aliphatic rings. The molecule has 2 N–H and O–H groups in total. The van der Waals surface area contributed by atoms with Crippen LogP contribution in [-0.2, 0) is 11.4 Å². The number of likely N-dealkylation sites (N-methyl/N-ethyl adjacent to an activating group) is 1. The van der Waals surface area contributed by atoms with Gasteiger partial charge in [0, 0.05) is 48.3 Å². The van der Waals surface area contributed by atoms with Crippen molar-refractivity contribution in [1.29, 1.82) is 0 Å². The van der Waals surface area contributed by atoms with Crippen molar-refractivity contribution >= 4 is 45.6 Å². The first-order valence-electron chi connectivity index (χ1n) is 16.6. The molecule has 2 aromatic carbocycles. The fourth-order valence-corrected chi connectivity index (χ4v) is 3.56. The summed E-state index contributed by atoms with van der Waals surface area (Å²) in [7, 11) is 0. The van der Waals surface area contributed by atoms with Crippen molar-refractivity contribution in [3.63, 3.8) is 0 Å². The highest BCUT2D eigenvalue weighted by Gasteiger charge is 2.13. The van der Waals surface area contributed by atoms with Crippen molar-refractivity contribution in [3.8, 4) is 11.5 Å². The maximum absolute atomic E-state index is 12.9. The third-order valence-electron chi connectivity index (χ3n) is 5.01. The second-order valence-corrected chi connectivity index (χ2v) is 8.08. The Morgan fingerprint density at radius 1 is 1.13 bits per heavy atom. The van der Waals surface area contributed by atoms with Crippen molar-refractivity contribution in [2.75, 3.05) is 37.7 Å². The lowest BCUT2D eigenvalue weighted by Crippen LogP contribution is -2.13. The molecule has 196 valence electrons. The summed E-state index contributed by atoms with van der Waals surface area (Å²) in [5, 5.41) is 6.08. The van der Waals surface area contributed by atoms with Gasteiger partial charge in [0.15, 0.2) is 0 Å². The number of nitrogens with zero attached hydrogens (tertiary/aromatic N) is 4. The molecule has 0 radical (unpaired) electrons. The van der Waals surface area contributed by atoms with Gasteiger partial charge in [-0.05, 0) is 57.2 Å². The third-order valence-corrected chi connectivity index (χ3v) is 5.30. The van der Waals surface area contributed by atoms with E-state index in [1.165, 1.54) is 18.5 Å². The number of hydrogen-bond acceptors (Lipinski definition) is 8. The van der Waals surface area contributed by atoms with Crippen molar-refractivity contribution in [3.05, 3.63) is 83.9 Å². The number of nitrogens with one attached hydrogen (secondary N) is 2. The first kappa shape index (κ1) is 15.9. The van der Waals surface area contributed by atoms with E-state index in [0.29, 0.717) is 17.1 Å². The number of carbonyl (C=O) groups is 1. The number of amides is 1. The Kier molecular flexibility index (Phi) is 5.38. The lowest BCUT2D eigenvalue weighted by atomic mass is 10.1. The molecule has 9 nitrogen and oxygen atoms in total. The second kappa shape index (κ2) is 12.8. The Morgan fingerprint density at radius 3 is 2.84 bits per heavy atom. The minimum atomic E-state index is -3.22. The summed E-state index contributed by atoms with van der Waals surface area (Å²) in [4.78, 5) is 25.8.